The number of hydrogen-bond acceptors (Lipinski definition) is 4. The Bertz CT molecular complexity index is 763. The molecule has 0 radical (unpaired) electrons. The number of hydrogen-bond donors (Lipinski definition) is 0. The molecule has 2 saturated heterocycles. The van der Waals surface area contributed by atoms with Crippen molar-refractivity contribution in [3.63, 3.8) is 0 Å². The lowest BCUT2D eigenvalue weighted by Gasteiger charge is -2.29. The van der Waals surface area contributed by atoms with E-state index < -0.39 is 0 Å². The fourth-order valence-corrected chi connectivity index (χ4v) is 4.78. The predicted octanol–water partition coefficient (Wildman–Crippen LogP) is 3.56. The summed E-state index contributed by atoms with van der Waals surface area (Å²) < 4.78 is 0. The quantitative estimate of drug-likeness (QED) is 0.860. The van der Waals surface area contributed by atoms with E-state index >= 15 is 0 Å². The minimum Gasteiger partial charge on any atom is -0.311 e. The zero-order valence-electron chi connectivity index (χ0n) is 13.4. The third-order valence-corrected chi connectivity index (χ3v) is 6.02. The summed E-state index contributed by atoms with van der Waals surface area (Å²) in [5.74, 6) is 0.197. The van der Waals surface area contributed by atoms with E-state index in [2.05, 4.69) is 28.5 Å². The number of nitrogens with zero attached hydrogens (tertiary/aromatic N) is 3. The second kappa shape index (κ2) is 6.39. The van der Waals surface area contributed by atoms with E-state index in [1.807, 2.05) is 17.0 Å². The van der Waals surface area contributed by atoms with Crippen LogP contribution in [0.1, 0.15) is 35.7 Å². The Labute approximate surface area is 145 Å². The van der Waals surface area contributed by atoms with Gasteiger partial charge in [0.15, 0.2) is 0 Å². The van der Waals surface area contributed by atoms with Crippen LogP contribution >= 0.6 is 11.3 Å². The van der Waals surface area contributed by atoms with Crippen LogP contribution in [0.5, 0.6) is 0 Å². The van der Waals surface area contributed by atoms with E-state index in [1.165, 1.54) is 4.88 Å². The normalized spacial score (nSPS) is 24.5. The Morgan fingerprint density at radius 3 is 2.62 bits per heavy atom. The van der Waals surface area contributed by atoms with Crippen molar-refractivity contribution in [3.8, 4) is 6.07 Å². The van der Waals surface area contributed by atoms with Crippen LogP contribution in [0.3, 0.4) is 0 Å². The summed E-state index contributed by atoms with van der Waals surface area (Å²) in [6.45, 7) is 1.75. The van der Waals surface area contributed by atoms with Gasteiger partial charge in [0.05, 0.1) is 17.7 Å². The van der Waals surface area contributed by atoms with E-state index in [0.717, 1.165) is 38.0 Å². The van der Waals surface area contributed by atoms with Crippen LogP contribution in [-0.2, 0) is 4.79 Å². The second-order valence-electron chi connectivity index (χ2n) is 6.36. The third-order valence-electron chi connectivity index (χ3n) is 5.05. The fourth-order valence-electron chi connectivity index (χ4n) is 3.89. The summed E-state index contributed by atoms with van der Waals surface area (Å²) in [4.78, 5) is 18.6. The van der Waals surface area contributed by atoms with Gasteiger partial charge in [-0.2, -0.15) is 5.26 Å². The smallest absolute Gasteiger partial charge is 0.244 e. The molecule has 0 N–H and O–H groups in total. The van der Waals surface area contributed by atoms with Gasteiger partial charge in [-0.05, 0) is 61.5 Å². The summed E-state index contributed by atoms with van der Waals surface area (Å²) in [7, 11) is 0. The molecule has 0 spiro atoms. The summed E-state index contributed by atoms with van der Waals surface area (Å²) in [5, 5.41) is 11.0. The minimum atomic E-state index is -0.0183. The van der Waals surface area contributed by atoms with E-state index in [1.54, 1.807) is 23.5 Å². The van der Waals surface area contributed by atoms with Crippen molar-refractivity contribution in [1.82, 2.24) is 4.90 Å². The van der Waals surface area contributed by atoms with Gasteiger partial charge in [0, 0.05) is 23.2 Å². The lowest BCUT2D eigenvalue weighted by Crippen LogP contribution is -2.41. The molecule has 0 bridgehead atoms. The first kappa shape index (κ1) is 15.4. The summed E-state index contributed by atoms with van der Waals surface area (Å²) in [6.07, 6.45) is 3.17. The second-order valence-corrected chi connectivity index (χ2v) is 7.34. The maximum Gasteiger partial charge on any atom is 0.244 e. The van der Waals surface area contributed by atoms with Crippen molar-refractivity contribution in [2.45, 2.75) is 31.3 Å². The zero-order chi connectivity index (χ0) is 16.5. The largest absolute Gasteiger partial charge is 0.311 e. The molecule has 0 saturated carbocycles. The van der Waals surface area contributed by atoms with Crippen molar-refractivity contribution in [2.75, 3.05) is 18.0 Å². The molecule has 2 aliphatic rings. The fraction of sp³-hybridized carbons (Fsp3) is 0.368. The molecule has 2 aromatic rings. The number of likely N-dealkylation sites (tertiary alicyclic amines) is 1. The van der Waals surface area contributed by atoms with Gasteiger partial charge in [0.2, 0.25) is 5.91 Å². The number of carbonyl (C=O) groups excluding carboxylic acids is 1. The highest BCUT2D eigenvalue weighted by Gasteiger charge is 2.41. The lowest BCUT2D eigenvalue weighted by atomic mass is 10.1. The molecule has 1 amide bonds. The Balaban J connectivity index is 1.53. The highest BCUT2D eigenvalue weighted by Crippen LogP contribution is 2.38. The number of rotatable bonds is 3. The average Bonchev–Trinajstić information content (AvgIpc) is 3.34. The van der Waals surface area contributed by atoms with Crippen molar-refractivity contribution >= 4 is 22.9 Å². The van der Waals surface area contributed by atoms with Gasteiger partial charge in [-0.3, -0.25) is 9.69 Å². The zero-order valence-corrected chi connectivity index (χ0v) is 14.2. The van der Waals surface area contributed by atoms with Crippen LogP contribution in [0.2, 0.25) is 0 Å². The van der Waals surface area contributed by atoms with Crippen LogP contribution in [0.25, 0.3) is 0 Å². The molecule has 2 fully saturated rings. The predicted molar refractivity (Wildman–Crippen MR) is 94.9 cm³/mol. The first-order chi connectivity index (χ1) is 11.8. The molecule has 2 aliphatic heterocycles. The molecule has 0 unspecified atom stereocenters. The van der Waals surface area contributed by atoms with Gasteiger partial charge < -0.3 is 4.90 Å². The van der Waals surface area contributed by atoms with Crippen molar-refractivity contribution in [2.24, 2.45) is 0 Å². The molecule has 1 aromatic carbocycles. The summed E-state index contributed by atoms with van der Waals surface area (Å²) in [5.41, 5.74) is 1.52. The first-order valence-electron chi connectivity index (χ1n) is 8.38. The molecule has 0 aliphatic carbocycles. The Hall–Kier alpha value is -2.16. The van der Waals surface area contributed by atoms with Crippen molar-refractivity contribution in [1.29, 1.82) is 5.26 Å². The van der Waals surface area contributed by atoms with E-state index in [0.29, 0.717) is 11.6 Å². The van der Waals surface area contributed by atoms with Crippen LogP contribution in [0, 0.1) is 11.3 Å². The highest BCUT2D eigenvalue weighted by atomic mass is 32.1. The Morgan fingerprint density at radius 2 is 1.92 bits per heavy atom. The first-order valence-corrected chi connectivity index (χ1v) is 9.26. The number of carbonyl (C=O) groups is 1. The number of anilines is 1. The van der Waals surface area contributed by atoms with E-state index in [-0.39, 0.29) is 11.9 Å². The number of benzene rings is 1. The third kappa shape index (κ3) is 2.62. The molecule has 2 atom stereocenters. The topological polar surface area (TPSA) is 47.3 Å². The van der Waals surface area contributed by atoms with Gasteiger partial charge in [-0.25, -0.2) is 0 Å². The van der Waals surface area contributed by atoms with Crippen LogP contribution in [-0.4, -0.2) is 29.9 Å². The SMILES string of the molecule is N#Cc1ccc(N2CC[C@H](N3CCC[C@H]3c3cccs3)C2=O)cc1. The van der Waals surface area contributed by atoms with Gasteiger partial charge in [-0.15, -0.1) is 11.3 Å². The molecule has 1 aromatic heterocycles. The van der Waals surface area contributed by atoms with Gasteiger partial charge in [0.25, 0.3) is 0 Å². The van der Waals surface area contributed by atoms with Crippen molar-refractivity contribution < 1.29 is 4.79 Å². The molecular weight excluding hydrogens is 318 g/mol. The van der Waals surface area contributed by atoms with Crippen molar-refractivity contribution in [3.05, 3.63) is 52.2 Å². The molecule has 4 nitrogen and oxygen atoms in total. The maximum absolute atomic E-state index is 13.0. The van der Waals surface area contributed by atoms with Gasteiger partial charge >= 0.3 is 0 Å². The standard InChI is InChI=1S/C19H19N3OS/c20-13-14-5-7-15(8-6-14)21-11-9-17(19(21)23)22-10-1-3-16(22)18-4-2-12-24-18/h2,4-8,12,16-17H,1,3,9-11H2/t16-,17-/m0/s1. The summed E-state index contributed by atoms with van der Waals surface area (Å²) >= 11 is 1.79. The molecular formula is C19H19N3OS. The Morgan fingerprint density at radius 1 is 1.08 bits per heavy atom. The minimum absolute atomic E-state index is 0.0183. The van der Waals surface area contributed by atoms with Crippen LogP contribution in [0.4, 0.5) is 5.69 Å². The Kier molecular flexibility index (Phi) is 4.09. The molecule has 4 rings (SSSR count). The highest BCUT2D eigenvalue weighted by molar-refractivity contribution is 7.10. The van der Waals surface area contributed by atoms with E-state index in [9.17, 15) is 4.79 Å². The monoisotopic (exact) mass is 337 g/mol. The van der Waals surface area contributed by atoms with Gasteiger partial charge in [-0.1, -0.05) is 6.07 Å². The van der Waals surface area contributed by atoms with E-state index in [4.69, 9.17) is 5.26 Å². The number of thiophene rings is 1. The number of nitriles is 1. The molecule has 5 heteroatoms. The lowest BCUT2D eigenvalue weighted by molar-refractivity contribution is -0.122. The van der Waals surface area contributed by atoms with Crippen LogP contribution in [0.15, 0.2) is 41.8 Å². The molecule has 122 valence electrons. The molecule has 24 heavy (non-hydrogen) atoms. The van der Waals surface area contributed by atoms with Gasteiger partial charge in [0.1, 0.15) is 0 Å². The number of amides is 1. The van der Waals surface area contributed by atoms with Crippen LogP contribution < -0.4 is 4.90 Å². The maximum atomic E-state index is 13.0. The molecule has 3 heterocycles. The average molecular weight is 337 g/mol. The summed E-state index contributed by atoms with van der Waals surface area (Å²) in [6, 6.07) is 14.1.